The van der Waals surface area contributed by atoms with Crippen LogP contribution in [0.3, 0.4) is 0 Å². The molecule has 0 spiro atoms. The number of aromatic nitrogens is 1. The molecule has 0 unspecified atom stereocenters. The van der Waals surface area contributed by atoms with E-state index >= 15 is 0 Å². The number of hydrazone groups is 1. The van der Waals surface area contributed by atoms with Gasteiger partial charge in [-0.3, -0.25) is 4.98 Å². The third-order valence-corrected chi connectivity index (χ3v) is 5.21. The van der Waals surface area contributed by atoms with Crippen molar-refractivity contribution >= 4 is 5.71 Å². The van der Waals surface area contributed by atoms with Gasteiger partial charge in [0.1, 0.15) is 5.75 Å². The molecule has 28 heavy (non-hydrogen) atoms. The average Bonchev–Trinajstić information content (AvgIpc) is 3.19. The van der Waals surface area contributed by atoms with Crippen molar-refractivity contribution in [3.05, 3.63) is 83.7 Å². The first-order valence-electron chi connectivity index (χ1n) is 9.14. The van der Waals surface area contributed by atoms with Gasteiger partial charge < -0.3 is 14.6 Å². The first-order valence-corrected chi connectivity index (χ1v) is 9.14. The van der Waals surface area contributed by atoms with Gasteiger partial charge in [0, 0.05) is 35.5 Å². The van der Waals surface area contributed by atoms with Crippen LogP contribution in [-0.4, -0.2) is 27.9 Å². The number of aromatic hydroxyl groups is 1. The Hall–Kier alpha value is -3.54. The topological polar surface area (TPSA) is 67.2 Å². The van der Waals surface area contributed by atoms with Gasteiger partial charge in [-0.05, 0) is 30.3 Å². The molecule has 140 valence electrons. The van der Waals surface area contributed by atoms with Gasteiger partial charge in [-0.1, -0.05) is 24.3 Å². The Bertz CT molecular complexity index is 1050. The van der Waals surface area contributed by atoms with Crippen LogP contribution in [0.15, 0.2) is 72.1 Å². The maximum atomic E-state index is 10.3. The van der Waals surface area contributed by atoms with Crippen LogP contribution in [0.2, 0.25) is 0 Å². The molecule has 0 saturated heterocycles. The summed E-state index contributed by atoms with van der Waals surface area (Å²) in [7, 11) is 1.64. The summed E-state index contributed by atoms with van der Waals surface area (Å²) in [4.78, 5) is 4.11. The highest BCUT2D eigenvalue weighted by atomic mass is 16.5. The number of fused-ring (bicyclic) bond motifs is 3. The molecule has 6 nitrogen and oxygen atoms in total. The molecule has 5 rings (SSSR count). The van der Waals surface area contributed by atoms with Crippen molar-refractivity contribution in [1.29, 1.82) is 0 Å². The highest BCUT2D eigenvalue weighted by molar-refractivity contribution is 6.04. The monoisotopic (exact) mass is 373 g/mol. The summed E-state index contributed by atoms with van der Waals surface area (Å²) >= 11 is 0. The molecule has 3 heterocycles. The van der Waals surface area contributed by atoms with Crippen molar-refractivity contribution in [3.8, 4) is 17.2 Å². The van der Waals surface area contributed by atoms with Crippen molar-refractivity contribution in [2.75, 3.05) is 7.11 Å². The molecule has 0 aliphatic carbocycles. The standard InChI is InChI=1S/C22H19N3O3/c1-27-20-8-4-6-16-18-13-17(15-5-2-3-7-19(15)26)24-25(18)22(28-21(16)20)14-9-11-23-12-10-14/h2-12,18,22,26H,13H2,1H3/t18-,22-/m0/s1. The van der Waals surface area contributed by atoms with E-state index in [0.29, 0.717) is 12.2 Å². The Morgan fingerprint density at radius 2 is 1.89 bits per heavy atom. The number of nitrogens with zero attached hydrogens (tertiary/aromatic N) is 3. The maximum Gasteiger partial charge on any atom is 0.214 e. The Morgan fingerprint density at radius 3 is 2.68 bits per heavy atom. The van der Waals surface area contributed by atoms with Gasteiger partial charge in [0.25, 0.3) is 0 Å². The van der Waals surface area contributed by atoms with E-state index in [1.54, 1.807) is 25.6 Å². The average molecular weight is 373 g/mol. The molecular formula is C22H19N3O3. The highest BCUT2D eigenvalue weighted by Gasteiger charge is 2.42. The summed E-state index contributed by atoms with van der Waals surface area (Å²) in [5, 5.41) is 17.1. The molecule has 0 amide bonds. The van der Waals surface area contributed by atoms with E-state index in [0.717, 1.165) is 28.2 Å². The zero-order valence-electron chi connectivity index (χ0n) is 15.3. The minimum absolute atomic E-state index is 0.00776. The molecule has 2 aliphatic heterocycles. The number of hydrogen-bond acceptors (Lipinski definition) is 6. The van der Waals surface area contributed by atoms with Crippen molar-refractivity contribution < 1.29 is 14.6 Å². The van der Waals surface area contributed by atoms with Crippen LogP contribution in [0.25, 0.3) is 0 Å². The van der Waals surface area contributed by atoms with E-state index in [1.807, 2.05) is 53.5 Å². The van der Waals surface area contributed by atoms with Crippen LogP contribution in [0.4, 0.5) is 0 Å². The van der Waals surface area contributed by atoms with E-state index in [4.69, 9.17) is 14.6 Å². The predicted octanol–water partition coefficient (Wildman–Crippen LogP) is 4.04. The van der Waals surface area contributed by atoms with Gasteiger partial charge in [-0.25, -0.2) is 5.01 Å². The molecule has 1 N–H and O–H groups in total. The lowest BCUT2D eigenvalue weighted by atomic mass is 9.95. The van der Waals surface area contributed by atoms with E-state index in [1.165, 1.54) is 0 Å². The summed E-state index contributed by atoms with van der Waals surface area (Å²) in [5.41, 5.74) is 3.56. The summed E-state index contributed by atoms with van der Waals surface area (Å²) < 4.78 is 11.9. The normalized spacial score (nSPS) is 20.0. The molecule has 0 fully saturated rings. The smallest absolute Gasteiger partial charge is 0.214 e. The van der Waals surface area contributed by atoms with E-state index in [9.17, 15) is 5.11 Å². The number of ether oxygens (including phenoxy) is 2. The Labute approximate surface area is 162 Å². The van der Waals surface area contributed by atoms with Crippen LogP contribution in [0.5, 0.6) is 17.2 Å². The molecule has 2 aliphatic rings. The summed E-state index contributed by atoms with van der Waals surface area (Å²) in [5.74, 6) is 1.67. The SMILES string of the molecule is COc1cccc2c1O[C@@H](c1ccncc1)N1N=C(c3ccccc3O)C[C@@H]21. The molecule has 0 saturated carbocycles. The number of rotatable bonds is 3. The van der Waals surface area contributed by atoms with Crippen molar-refractivity contribution in [3.63, 3.8) is 0 Å². The molecule has 0 bridgehead atoms. The number of phenolic OH excluding ortho intramolecular Hbond substituents is 1. The fourth-order valence-electron chi connectivity index (χ4n) is 3.87. The molecule has 0 radical (unpaired) electrons. The molecule has 2 atom stereocenters. The minimum Gasteiger partial charge on any atom is -0.507 e. The van der Waals surface area contributed by atoms with Crippen molar-refractivity contribution in [2.45, 2.75) is 18.7 Å². The summed E-state index contributed by atoms with van der Waals surface area (Å²) in [6.45, 7) is 0. The van der Waals surface area contributed by atoms with Crippen LogP contribution in [-0.2, 0) is 0 Å². The number of benzene rings is 2. The van der Waals surface area contributed by atoms with Gasteiger partial charge in [-0.15, -0.1) is 0 Å². The molecular weight excluding hydrogens is 354 g/mol. The number of para-hydroxylation sites is 2. The fraction of sp³-hybridized carbons (Fsp3) is 0.182. The van der Waals surface area contributed by atoms with Gasteiger partial charge in [-0.2, -0.15) is 5.10 Å². The van der Waals surface area contributed by atoms with Crippen LogP contribution >= 0.6 is 0 Å². The van der Waals surface area contributed by atoms with E-state index in [-0.39, 0.29) is 11.8 Å². The molecule has 6 heteroatoms. The molecule has 1 aromatic heterocycles. The van der Waals surface area contributed by atoms with Gasteiger partial charge in [0.2, 0.25) is 6.23 Å². The predicted molar refractivity (Wildman–Crippen MR) is 104 cm³/mol. The third kappa shape index (κ3) is 2.57. The number of hydrogen-bond donors (Lipinski definition) is 1. The lowest BCUT2D eigenvalue weighted by Crippen LogP contribution is -2.33. The Kier molecular flexibility index (Phi) is 3.90. The highest BCUT2D eigenvalue weighted by Crippen LogP contribution is 2.50. The molecule has 3 aromatic rings. The molecule has 2 aromatic carbocycles. The second-order valence-corrected chi connectivity index (χ2v) is 6.79. The second-order valence-electron chi connectivity index (χ2n) is 6.79. The Morgan fingerprint density at radius 1 is 1.07 bits per heavy atom. The van der Waals surface area contributed by atoms with Crippen LogP contribution in [0, 0.1) is 0 Å². The van der Waals surface area contributed by atoms with E-state index in [2.05, 4.69) is 4.98 Å². The second kappa shape index (κ2) is 6.56. The lowest BCUT2D eigenvalue weighted by molar-refractivity contribution is -0.0209. The number of pyridine rings is 1. The van der Waals surface area contributed by atoms with Gasteiger partial charge in [0.05, 0.1) is 18.9 Å². The van der Waals surface area contributed by atoms with Crippen molar-refractivity contribution in [1.82, 2.24) is 9.99 Å². The van der Waals surface area contributed by atoms with Gasteiger partial charge >= 0.3 is 0 Å². The van der Waals surface area contributed by atoms with Crippen LogP contribution < -0.4 is 9.47 Å². The zero-order chi connectivity index (χ0) is 19.1. The fourth-order valence-corrected chi connectivity index (χ4v) is 3.87. The van der Waals surface area contributed by atoms with E-state index < -0.39 is 6.23 Å². The minimum atomic E-state index is -0.403. The number of phenols is 1. The van der Waals surface area contributed by atoms with Crippen LogP contribution in [0.1, 0.15) is 35.4 Å². The third-order valence-electron chi connectivity index (χ3n) is 5.21. The first kappa shape index (κ1) is 16.6. The van der Waals surface area contributed by atoms with Crippen molar-refractivity contribution in [2.24, 2.45) is 5.10 Å². The Balaban J connectivity index is 1.64. The summed E-state index contributed by atoms with van der Waals surface area (Å²) in [6, 6.07) is 17.0. The summed E-state index contributed by atoms with van der Waals surface area (Å²) in [6.07, 6.45) is 3.76. The maximum absolute atomic E-state index is 10.3. The zero-order valence-corrected chi connectivity index (χ0v) is 15.3. The first-order chi connectivity index (χ1) is 13.8. The lowest BCUT2D eigenvalue weighted by Gasteiger charge is -2.38. The quantitative estimate of drug-likeness (QED) is 0.751. The number of methoxy groups -OCH3 is 1. The van der Waals surface area contributed by atoms with Gasteiger partial charge in [0.15, 0.2) is 11.5 Å². The largest absolute Gasteiger partial charge is 0.507 e.